The fourth-order valence-corrected chi connectivity index (χ4v) is 2.31. The third-order valence-electron chi connectivity index (χ3n) is 3.56. The van der Waals surface area contributed by atoms with Crippen molar-refractivity contribution >= 4 is 41.8 Å². The minimum Gasteiger partial charge on any atom is -0.357 e. The number of nitrogens with zero attached hydrogens (tertiary/aromatic N) is 3. The number of aromatic nitrogens is 2. The van der Waals surface area contributed by atoms with E-state index in [-0.39, 0.29) is 48.4 Å². The van der Waals surface area contributed by atoms with Crippen LogP contribution in [-0.2, 0) is 11.0 Å². The van der Waals surface area contributed by atoms with Crippen LogP contribution in [0.5, 0.6) is 0 Å². The van der Waals surface area contributed by atoms with E-state index < -0.39 is 11.9 Å². The van der Waals surface area contributed by atoms with Crippen molar-refractivity contribution in [1.29, 1.82) is 0 Å². The van der Waals surface area contributed by atoms with Gasteiger partial charge in [-0.05, 0) is 19.4 Å². The Morgan fingerprint density at radius 2 is 2.22 bits per heavy atom. The van der Waals surface area contributed by atoms with Gasteiger partial charge in [0, 0.05) is 38.3 Å². The molecule has 0 aromatic carbocycles. The predicted octanol–water partition coefficient (Wildman–Crippen LogP) is 1.36. The lowest BCUT2D eigenvalue weighted by molar-refractivity contribution is -0.141. The quantitative estimate of drug-likeness (QED) is 0.203. The first-order valence-electron chi connectivity index (χ1n) is 8.34. The highest BCUT2D eigenvalue weighted by Gasteiger charge is 2.32. The van der Waals surface area contributed by atoms with Crippen LogP contribution in [0.1, 0.15) is 25.5 Å². The second-order valence-corrected chi connectivity index (χ2v) is 5.63. The van der Waals surface area contributed by atoms with E-state index in [9.17, 15) is 18.0 Å². The number of rotatable bonds is 6. The van der Waals surface area contributed by atoms with Gasteiger partial charge in [0.05, 0.1) is 6.54 Å². The molecular weight excluding hydrogens is 478 g/mol. The Morgan fingerprint density at radius 1 is 1.44 bits per heavy atom. The van der Waals surface area contributed by atoms with Crippen molar-refractivity contribution in [3.63, 3.8) is 0 Å². The van der Waals surface area contributed by atoms with Crippen LogP contribution in [0, 0.1) is 0 Å². The van der Waals surface area contributed by atoms with Crippen LogP contribution in [0.15, 0.2) is 17.3 Å². The molecule has 4 N–H and O–H groups in total. The molecule has 1 aliphatic heterocycles. The van der Waals surface area contributed by atoms with Gasteiger partial charge in [-0.25, -0.2) is 9.97 Å². The van der Waals surface area contributed by atoms with Gasteiger partial charge in [0.2, 0.25) is 11.9 Å². The largest absolute Gasteiger partial charge is 0.433 e. The Balaban J connectivity index is 0.00000364. The summed E-state index contributed by atoms with van der Waals surface area (Å²) in [5, 5.41) is 11.8. The van der Waals surface area contributed by atoms with E-state index in [0.29, 0.717) is 38.4 Å². The fourth-order valence-electron chi connectivity index (χ4n) is 2.31. The highest BCUT2D eigenvalue weighted by atomic mass is 127. The summed E-state index contributed by atoms with van der Waals surface area (Å²) < 4.78 is 37.8. The van der Waals surface area contributed by atoms with Crippen molar-refractivity contribution in [2.45, 2.75) is 32.0 Å². The fraction of sp³-hybridized carbons (Fsp3) is 0.600. The van der Waals surface area contributed by atoms with Gasteiger partial charge in [0.25, 0.3) is 0 Å². The zero-order valence-corrected chi connectivity index (χ0v) is 17.1. The van der Waals surface area contributed by atoms with Crippen LogP contribution in [-0.4, -0.2) is 54.1 Å². The molecule has 1 aromatic heterocycles. The van der Waals surface area contributed by atoms with Gasteiger partial charge in [-0.1, -0.05) is 0 Å². The van der Waals surface area contributed by atoms with E-state index in [1.807, 2.05) is 6.92 Å². The normalized spacial score (nSPS) is 17.6. The molecule has 0 bridgehead atoms. The number of alkyl halides is 3. The second kappa shape index (κ2) is 11.1. The molecule has 1 fully saturated rings. The summed E-state index contributed by atoms with van der Waals surface area (Å²) >= 11 is 0. The van der Waals surface area contributed by atoms with Crippen LogP contribution < -0.4 is 21.3 Å². The van der Waals surface area contributed by atoms with Crippen LogP contribution in [0.3, 0.4) is 0 Å². The van der Waals surface area contributed by atoms with E-state index >= 15 is 0 Å². The SMILES string of the molecule is CCNC(=NCCNc1nccc(C(F)(F)F)n1)NC1CCC(=O)NC1.I. The van der Waals surface area contributed by atoms with Crippen molar-refractivity contribution in [3.05, 3.63) is 18.0 Å². The maximum atomic E-state index is 12.6. The lowest BCUT2D eigenvalue weighted by Gasteiger charge is -2.25. The summed E-state index contributed by atoms with van der Waals surface area (Å²) in [4.78, 5) is 22.7. The van der Waals surface area contributed by atoms with Crippen molar-refractivity contribution in [3.8, 4) is 0 Å². The molecule has 1 unspecified atom stereocenters. The van der Waals surface area contributed by atoms with Crippen molar-refractivity contribution < 1.29 is 18.0 Å². The predicted molar refractivity (Wildman–Crippen MR) is 106 cm³/mol. The van der Waals surface area contributed by atoms with Gasteiger partial charge in [0.15, 0.2) is 5.96 Å². The molecule has 1 amide bonds. The number of anilines is 1. The number of nitrogens with one attached hydrogen (secondary N) is 4. The van der Waals surface area contributed by atoms with Gasteiger partial charge in [-0.3, -0.25) is 9.79 Å². The Labute approximate surface area is 172 Å². The Bertz CT molecular complexity index is 632. The molecule has 0 spiro atoms. The number of guanidine groups is 1. The van der Waals surface area contributed by atoms with Crippen molar-refractivity contribution in [1.82, 2.24) is 25.9 Å². The topological polar surface area (TPSA) is 103 Å². The molecule has 1 aromatic rings. The molecule has 2 heterocycles. The van der Waals surface area contributed by atoms with Crippen LogP contribution in [0.25, 0.3) is 0 Å². The minimum absolute atomic E-state index is 0. The first-order chi connectivity index (χ1) is 12.4. The van der Waals surface area contributed by atoms with E-state index in [0.717, 1.165) is 12.3 Å². The molecule has 0 radical (unpaired) electrons. The van der Waals surface area contributed by atoms with Gasteiger partial charge in [-0.15, -0.1) is 24.0 Å². The third kappa shape index (κ3) is 8.13. The maximum Gasteiger partial charge on any atom is 0.433 e. The van der Waals surface area contributed by atoms with Crippen LogP contribution in [0.2, 0.25) is 0 Å². The number of carbonyl (C=O) groups excluding carboxylic acids is 1. The molecule has 8 nitrogen and oxygen atoms in total. The number of hydrogen-bond acceptors (Lipinski definition) is 5. The average Bonchev–Trinajstić information content (AvgIpc) is 2.60. The van der Waals surface area contributed by atoms with Gasteiger partial charge >= 0.3 is 6.18 Å². The molecule has 152 valence electrons. The molecule has 1 saturated heterocycles. The van der Waals surface area contributed by atoms with Crippen molar-refractivity contribution in [2.75, 3.05) is 31.5 Å². The summed E-state index contributed by atoms with van der Waals surface area (Å²) in [6, 6.07) is 0.907. The lowest BCUT2D eigenvalue weighted by atomic mass is 10.1. The van der Waals surface area contributed by atoms with Crippen molar-refractivity contribution in [2.24, 2.45) is 4.99 Å². The molecule has 0 aliphatic carbocycles. The maximum absolute atomic E-state index is 12.6. The van der Waals surface area contributed by atoms with Gasteiger partial charge in [-0.2, -0.15) is 13.2 Å². The lowest BCUT2D eigenvalue weighted by Crippen LogP contribution is -2.51. The summed E-state index contributed by atoms with van der Waals surface area (Å²) in [7, 11) is 0. The number of halogens is 4. The van der Waals surface area contributed by atoms with E-state index in [1.54, 1.807) is 0 Å². The monoisotopic (exact) mass is 501 g/mol. The Kier molecular flexibility index (Phi) is 9.52. The Morgan fingerprint density at radius 3 is 2.85 bits per heavy atom. The number of hydrogen-bond donors (Lipinski definition) is 4. The summed E-state index contributed by atoms with van der Waals surface area (Å²) in [5.74, 6) is 0.527. The van der Waals surface area contributed by atoms with Gasteiger partial charge < -0.3 is 21.3 Å². The second-order valence-electron chi connectivity index (χ2n) is 5.63. The summed E-state index contributed by atoms with van der Waals surface area (Å²) in [5.41, 5.74) is -0.993. The molecule has 1 aliphatic rings. The summed E-state index contributed by atoms with van der Waals surface area (Å²) in [6.07, 6.45) is -2.27. The van der Waals surface area contributed by atoms with E-state index in [4.69, 9.17) is 0 Å². The highest BCUT2D eigenvalue weighted by Crippen LogP contribution is 2.27. The van der Waals surface area contributed by atoms with Crippen LogP contribution >= 0.6 is 24.0 Å². The first kappa shape index (κ1) is 23.2. The molecule has 27 heavy (non-hydrogen) atoms. The molecule has 12 heteroatoms. The molecule has 1 atom stereocenters. The van der Waals surface area contributed by atoms with Crippen LogP contribution in [0.4, 0.5) is 19.1 Å². The van der Waals surface area contributed by atoms with E-state index in [2.05, 4.69) is 36.2 Å². The average molecular weight is 501 g/mol. The number of carbonyl (C=O) groups is 1. The third-order valence-corrected chi connectivity index (χ3v) is 3.56. The number of aliphatic imine (C=N–C) groups is 1. The standard InChI is InChI=1S/C15H22F3N7O.HI/c1-2-19-13(24-10-3-4-12(26)23-9-10)21-7-8-22-14-20-6-5-11(25-14)15(16,17)18;/h5-6,10H,2-4,7-9H2,1H3,(H,23,26)(H2,19,21,24)(H,20,22,25);1H. The number of amides is 1. The van der Waals surface area contributed by atoms with E-state index in [1.165, 1.54) is 0 Å². The summed E-state index contributed by atoms with van der Waals surface area (Å²) in [6.45, 7) is 3.70. The number of piperidine rings is 1. The van der Waals surface area contributed by atoms with Gasteiger partial charge in [0.1, 0.15) is 5.69 Å². The Hall–Kier alpha value is -1.86. The molecule has 0 saturated carbocycles. The minimum atomic E-state index is -4.50. The molecular formula is C15H23F3IN7O. The first-order valence-corrected chi connectivity index (χ1v) is 8.34. The molecule has 2 rings (SSSR count). The zero-order chi connectivity index (χ0) is 19.0. The smallest absolute Gasteiger partial charge is 0.357 e. The zero-order valence-electron chi connectivity index (χ0n) is 14.8. The highest BCUT2D eigenvalue weighted by molar-refractivity contribution is 14.0.